The number of aryl methyl sites for hydroxylation is 2. The Balaban J connectivity index is 2.04. The predicted octanol–water partition coefficient (Wildman–Crippen LogP) is 5.20. The number of anilines is 1. The number of halogens is 1. The lowest BCUT2D eigenvalue weighted by Gasteiger charge is -2.32. The van der Waals surface area contributed by atoms with E-state index < -0.39 is 28.5 Å². The molecular formula is C29H34BrN3O4S. The van der Waals surface area contributed by atoms with Gasteiger partial charge in [0.25, 0.3) is 10.0 Å². The Hall–Kier alpha value is -3.17. The number of carbonyl (C=O) groups excluding carboxylic acids is 2. The van der Waals surface area contributed by atoms with Crippen molar-refractivity contribution in [2.24, 2.45) is 0 Å². The number of nitrogens with zero attached hydrogens (tertiary/aromatic N) is 2. The molecule has 0 radical (unpaired) electrons. The number of hydrogen-bond donors (Lipinski definition) is 1. The molecule has 1 N–H and O–H groups in total. The Morgan fingerprint density at radius 1 is 0.895 bits per heavy atom. The first-order valence-corrected chi connectivity index (χ1v) is 14.6. The lowest BCUT2D eigenvalue weighted by atomic mass is 10.1. The second-order valence-corrected chi connectivity index (χ2v) is 12.4. The van der Waals surface area contributed by atoms with Gasteiger partial charge in [0.05, 0.1) is 10.6 Å². The summed E-state index contributed by atoms with van der Waals surface area (Å²) in [5.41, 5.74) is 3.11. The first kappa shape index (κ1) is 29.4. The van der Waals surface area contributed by atoms with Crippen molar-refractivity contribution >= 4 is 43.5 Å². The van der Waals surface area contributed by atoms with E-state index in [2.05, 4.69) is 21.2 Å². The lowest BCUT2D eigenvalue weighted by molar-refractivity contribution is -0.139. The smallest absolute Gasteiger partial charge is 0.264 e. The molecular weight excluding hydrogens is 566 g/mol. The van der Waals surface area contributed by atoms with E-state index in [1.165, 1.54) is 17.0 Å². The van der Waals surface area contributed by atoms with Crippen LogP contribution in [0.3, 0.4) is 0 Å². The molecule has 0 spiro atoms. The largest absolute Gasteiger partial charge is 0.352 e. The normalized spacial score (nSPS) is 12.2. The van der Waals surface area contributed by atoms with Gasteiger partial charge >= 0.3 is 0 Å². The Bertz CT molecular complexity index is 1380. The third kappa shape index (κ3) is 7.23. The van der Waals surface area contributed by atoms with Crippen LogP contribution in [0.4, 0.5) is 5.69 Å². The van der Waals surface area contributed by atoms with Crippen LogP contribution in [0.5, 0.6) is 0 Å². The van der Waals surface area contributed by atoms with Crippen LogP contribution in [-0.2, 0) is 26.2 Å². The molecule has 0 aromatic heterocycles. The predicted molar refractivity (Wildman–Crippen MR) is 154 cm³/mol. The number of nitrogens with one attached hydrogen (secondary N) is 1. The SMILES string of the molecule is Cc1ccc(N(CC(=O)N(Cc2ccc(Br)cc2)[C@H](C)C(=O)NC(C)C)S(=O)(=O)c2ccccc2)cc1C. The van der Waals surface area contributed by atoms with Gasteiger partial charge in [-0.15, -0.1) is 0 Å². The van der Waals surface area contributed by atoms with Crippen LogP contribution < -0.4 is 9.62 Å². The van der Waals surface area contributed by atoms with Crippen LogP contribution in [0.25, 0.3) is 0 Å². The summed E-state index contributed by atoms with van der Waals surface area (Å²) < 4.78 is 29.6. The molecule has 1 atom stereocenters. The molecule has 9 heteroatoms. The van der Waals surface area contributed by atoms with E-state index in [4.69, 9.17) is 0 Å². The molecule has 0 heterocycles. The number of benzene rings is 3. The molecule has 0 unspecified atom stereocenters. The summed E-state index contributed by atoms with van der Waals surface area (Å²) in [6, 6.07) is 19.8. The first-order chi connectivity index (χ1) is 17.9. The van der Waals surface area contributed by atoms with Crippen LogP contribution in [-0.4, -0.2) is 43.8 Å². The van der Waals surface area contributed by atoms with Crippen molar-refractivity contribution in [2.75, 3.05) is 10.8 Å². The summed E-state index contributed by atoms with van der Waals surface area (Å²) in [6.45, 7) is 8.86. The summed E-state index contributed by atoms with van der Waals surface area (Å²) in [4.78, 5) is 28.4. The summed E-state index contributed by atoms with van der Waals surface area (Å²) in [6.07, 6.45) is 0. The molecule has 3 aromatic rings. The molecule has 7 nitrogen and oxygen atoms in total. The highest BCUT2D eigenvalue weighted by Gasteiger charge is 2.32. The van der Waals surface area contributed by atoms with E-state index in [1.807, 2.05) is 58.0 Å². The molecule has 202 valence electrons. The van der Waals surface area contributed by atoms with E-state index in [-0.39, 0.29) is 23.4 Å². The zero-order chi connectivity index (χ0) is 28.0. The number of carbonyl (C=O) groups is 2. The second kappa shape index (κ2) is 12.6. The first-order valence-electron chi connectivity index (χ1n) is 12.4. The molecule has 0 aliphatic carbocycles. The topological polar surface area (TPSA) is 86.8 Å². The van der Waals surface area contributed by atoms with Crippen molar-refractivity contribution in [3.63, 3.8) is 0 Å². The van der Waals surface area contributed by atoms with Crippen molar-refractivity contribution in [3.8, 4) is 0 Å². The monoisotopic (exact) mass is 599 g/mol. The lowest BCUT2D eigenvalue weighted by Crippen LogP contribution is -2.52. The number of amides is 2. The van der Waals surface area contributed by atoms with E-state index in [0.717, 1.165) is 25.5 Å². The molecule has 0 saturated carbocycles. The van der Waals surface area contributed by atoms with E-state index in [1.54, 1.807) is 37.3 Å². The maximum Gasteiger partial charge on any atom is 0.264 e. The Morgan fingerprint density at radius 2 is 1.53 bits per heavy atom. The fraction of sp³-hybridized carbons (Fsp3) is 0.310. The van der Waals surface area contributed by atoms with Gasteiger partial charge in [0.2, 0.25) is 11.8 Å². The third-order valence-electron chi connectivity index (χ3n) is 6.25. The van der Waals surface area contributed by atoms with Gasteiger partial charge in [0.15, 0.2) is 0 Å². The quantitative estimate of drug-likeness (QED) is 0.347. The van der Waals surface area contributed by atoms with Gasteiger partial charge in [-0.25, -0.2) is 8.42 Å². The van der Waals surface area contributed by atoms with Gasteiger partial charge in [-0.2, -0.15) is 0 Å². The second-order valence-electron chi connectivity index (χ2n) is 9.58. The van der Waals surface area contributed by atoms with Crippen LogP contribution in [0, 0.1) is 13.8 Å². The maximum absolute atomic E-state index is 13.9. The van der Waals surface area contributed by atoms with E-state index >= 15 is 0 Å². The Kier molecular flexibility index (Phi) is 9.73. The molecule has 0 aliphatic heterocycles. The number of hydrogen-bond acceptors (Lipinski definition) is 4. The molecule has 2 amide bonds. The minimum Gasteiger partial charge on any atom is -0.352 e. The van der Waals surface area contributed by atoms with Gasteiger partial charge in [-0.1, -0.05) is 52.3 Å². The van der Waals surface area contributed by atoms with Crippen molar-refractivity contribution in [1.29, 1.82) is 0 Å². The highest BCUT2D eigenvalue weighted by atomic mass is 79.9. The Labute approximate surface area is 234 Å². The van der Waals surface area contributed by atoms with Gasteiger partial charge < -0.3 is 10.2 Å². The average Bonchev–Trinajstić information content (AvgIpc) is 2.88. The third-order valence-corrected chi connectivity index (χ3v) is 8.57. The van der Waals surface area contributed by atoms with Crippen molar-refractivity contribution < 1.29 is 18.0 Å². The Morgan fingerprint density at radius 3 is 2.11 bits per heavy atom. The summed E-state index contributed by atoms with van der Waals surface area (Å²) >= 11 is 3.42. The van der Waals surface area contributed by atoms with Crippen LogP contribution in [0.15, 0.2) is 82.2 Å². The van der Waals surface area contributed by atoms with Crippen LogP contribution >= 0.6 is 15.9 Å². The van der Waals surface area contributed by atoms with Crippen LogP contribution in [0.2, 0.25) is 0 Å². The van der Waals surface area contributed by atoms with E-state index in [9.17, 15) is 18.0 Å². The standard InChI is InChI=1S/C29H34BrN3O4S/c1-20(2)31-29(35)23(5)32(18-24-12-14-25(30)15-13-24)28(34)19-33(26-16-11-21(3)22(4)17-26)38(36,37)27-9-7-6-8-10-27/h6-17,20,23H,18-19H2,1-5H3,(H,31,35)/t23-/m1/s1. The van der Waals surface area contributed by atoms with Crippen LogP contribution in [0.1, 0.15) is 37.5 Å². The fourth-order valence-electron chi connectivity index (χ4n) is 3.90. The van der Waals surface area contributed by atoms with Crippen molar-refractivity contribution in [3.05, 3.63) is 94.0 Å². The molecule has 3 aromatic carbocycles. The number of sulfonamides is 1. The molecule has 0 bridgehead atoms. The molecule has 3 rings (SSSR count). The molecule has 38 heavy (non-hydrogen) atoms. The highest BCUT2D eigenvalue weighted by Crippen LogP contribution is 2.26. The summed E-state index contributed by atoms with van der Waals surface area (Å²) in [5, 5.41) is 2.86. The highest BCUT2D eigenvalue weighted by molar-refractivity contribution is 9.10. The minimum absolute atomic E-state index is 0.0797. The zero-order valence-corrected chi connectivity index (χ0v) is 24.7. The van der Waals surface area contributed by atoms with Gasteiger partial charge in [-0.3, -0.25) is 13.9 Å². The average molecular weight is 601 g/mol. The molecule has 0 saturated heterocycles. The van der Waals surface area contributed by atoms with Gasteiger partial charge in [-0.05, 0) is 87.7 Å². The minimum atomic E-state index is -4.08. The molecule has 0 fully saturated rings. The van der Waals surface area contributed by atoms with Gasteiger partial charge in [0.1, 0.15) is 12.6 Å². The zero-order valence-electron chi connectivity index (χ0n) is 22.3. The number of rotatable bonds is 10. The molecule has 0 aliphatic rings. The summed E-state index contributed by atoms with van der Waals surface area (Å²) in [5.74, 6) is -0.800. The summed E-state index contributed by atoms with van der Waals surface area (Å²) in [7, 11) is -4.08. The maximum atomic E-state index is 13.9. The van der Waals surface area contributed by atoms with Crippen molar-refractivity contribution in [2.45, 2.75) is 58.1 Å². The van der Waals surface area contributed by atoms with Gasteiger partial charge in [0, 0.05) is 17.1 Å². The van der Waals surface area contributed by atoms with Crippen molar-refractivity contribution in [1.82, 2.24) is 10.2 Å². The fourth-order valence-corrected chi connectivity index (χ4v) is 5.59. The van der Waals surface area contributed by atoms with E-state index in [0.29, 0.717) is 5.69 Å².